The number of rotatable bonds is 5. The first-order chi connectivity index (χ1) is 10.3. The van der Waals surface area contributed by atoms with Crippen molar-refractivity contribution in [2.24, 2.45) is 0 Å². The molecule has 0 saturated carbocycles. The lowest BCUT2D eigenvalue weighted by Gasteiger charge is -1.98. The topological polar surface area (TPSA) is 42.2 Å². The normalized spacial score (nSPS) is 11.0. The quantitative estimate of drug-likeness (QED) is 0.709. The predicted octanol–water partition coefficient (Wildman–Crippen LogP) is 4.40. The summed E-state index contributed by atoms with van der Waals surface area (Å²) in [5.41, 5.74) is 1.06. The Morgan fingerprint density at radius 2 is 2.19 bits per heavy atom. The third kappa shape index (κ3) is 3.71. The van der Waals surface area contributed by atoms with Crippen molar-refractivity contribution in [3.05, 3.63) is 63.2 Å². The molecule has 21 heavy (non-hydrogen) atoms. The van der Waals surface area contributed by atoms with Crippen LogP contribution in [0.5, 0.6) is 0 Å². The Morgan fingerprint density at radius 3 is 2.95 bits per heavy atom. The van der Waals surface area contributed by atoms with Crippen LogP contribution in [0.1, 0.15) is 10.6 Å². The zero-order valence-electron chi connectivity index (χ0n) is 11.1. The van der Waals surface area contributed by atoms with Crippen molar-refractivity contribution in [1.82, 2.24) is 5.32 Å². The second-order valence-electron chi connectivity index (χ2n) is 4.34. The van der Waals surface area contributed by atoms with E-state index in [0.29, 0.717) is 6.54 Å². The maximum atomic E-state index is 11.7. The van der Waals surface area contributed by atoms with Crippen molar-refractivity contribution >= 4 is 34.7 Å². The molecule has 0 saturated heterocycles. The van der Waals surface area contributed by atoms with Crippen LogP contribution in [-0.2, 0) is 11.3 Å². The van der Waals surface area contributed by atoms with Crippen molar-refractivity contribution < 1.29 is 9.21 Å². The average molecular weight is 315 g/mol. The molecular formula is C16H13NO2S2. The number of hydrogen-bond donors (Lipinski definition) is 1. The lowest BCUT2D eigenvalue weighted by molar-refractivity contribution is -0.116. The van der Waals surface area contributed by atoms with Gasteiger partial charge in [-0.3, -0.25) is 4.79 Å². The molecule has 3 aromatic heterocycles. The van der Waals surface area contributed by atoms with Gasteiger partial charge < -0.3 is 9.73 Å². The maximum absolute atomic E-state index is 11.7. The van der Waals surface area contributed by atoms with Gasteiger partial charge in [0.05, 0.1) is 6.54 Å². The summed E-state index contributed by atoms with van der Waals surface area (Å²) in [6.45, 7) is 0.387. The highest BCUT2D eigenvalue weighted by atomic mass is 32.1. The van der Waals surface area contributed by atoms with Crippen molar-refractivity contribution in [2.75, 3.05) is 0 Å². The number of amides is 1. The summed E-state index contributed by atoms with van der Waals surface area (Å²) in [5.74, 6) is 1.44. The van der Waals surface area contributed by atoms with Gasteiger partial charge in [0.15, 0.2) is 0 Å². The van der Waals surface area contributed by atoms with Crippen molar-refractivity contribution in [1.29, 1.82) is 0 Å². The summed E-state index contributed by atoms with van der Waals surface area (Å²) in [6.07, 6.45) is 3.34. The van der Waals surface area contributed by atoms with Gasteiger partial charge in [-0.2, -0.15) is 11.3 Å². The molecule has 106 valence electrons. The van der Waals surface area contributed by atoms with Crippen LogP contribution >= 0.6 is 22.7 Å². The Morgan fingerprint density at radius 1 is 1.24 bits per heavy atom. The first-order valence-electron chi connectivity index (χ1n) is 6.42. The minimum Gasteiger partial charge on any atom is -0.459 e. The fourth-order valence-corrected chi connectivity index (χ4v) is 3.07. The average Bonchev–Trinajstić information content (AvgIpc) is 3.24. The highest BCUT2D eigenvalue weighted by Crippen LogP contribution is 2.24. The molecule has 0 aromatic carbocycles. The molecule has 0 fully saturated rings. The summed E-state index contributed by atoms with van der Waals surface area (Å²) in [7, 11) is 0. The lowest BCUT2D eigenvalue weighted by atomic mass is 10.3. The molecule has 0 aliphatic rings. The number of carbonyl (C=O) groups is 1. The van der Waals surface area contributed by atoms with Gasteiger partial charge in [0.2, 0.25) is 5.91 Å². The van der Waals surface area contributed by atoms with Crippen molar-refractivity contribution in [3.8, 4) is 11.3 Å². The van der Waals surface area contributed by atoms with Gasteiger partial charge >= 0.3 is 0 Å². The largest absolute Gasteiger partial charge is 0.459 e. The summed E-state index contributed by atoms with van der Waals surface area (Å²) in [5, 5.41) is 8.83. The monoisotopic (exact) mass is 315 g/mol. The van der Waals surface area contributed by atoms with Crippen LogP contribution < -0.4 is 5.32 Å². The summed E-state index contributed by atoms with van der Waals surface area (Å²) in [6, 6.07) is 9.74. The zero-order valence-corrected chi connectivity index (χ0v) is 12.7. The third-order valence-corrected chi connectivity index (χ3v) is 4.37. The highest BCUT2D eigenvalue weighted by molar-refractivity contribution is 7.10. The summed E-state index contributed by atoms with van der Waals surface area (Å²) >= 11 is 3.23. The van der Waals surface area contributed by atoms with Crippen LogP contribution in [0.25, 0.3) is 17.4 Å². The minimum atomic E-state index is -0.128. The van der Waals surface area contributed by atoms with E-state index in [1.165, 1.54) is 6.08 Å². The number of carbonyl (C=O) groups excluding carboxylic acids is 1. The number of furan rings is 1. The molecule has 3 aromatic rings. The van der Waals surface area contributed by atoms with Crippen LogP contribution in [0.3, 0.4) is 0 Å². The molecule has 5 heteroatoms. The van der Waals surface area contributed by atoms with E-state index >= 15 is 0 Å². The molecular weight excluding hydrogens is 302 g/mol. The Balaban J connectivity index is 1.54. The van der Waals surface area contributed by atoms with E-state index in [0.717, 1.165) is 22.0 Å². The Bertz CT molecular complexity index is 724. The minimum absolute atomic E-state index is 0.128. The molecule has 1 N–H and O–H groups in total. The fourth-order valence-electron chi connectivity index (χ4n) is 1.81. The van der Waals surface area contributed by atoms with Gasteiger partial charge in [-0.1, -0.05) is 6.07 Å². The van der Waals surface area contributed by atoms with Gasteiger partial charge in [-0.25, -0.2) is 0 Å². The van der Waals surface area contributed by atoms with Gasteiger partial charge in [0.25, 0.3) is 0 Å². The van der Waals surface area contributed by atoms with E-state index in [1.807, 2.05) is 46.5 Å². The van der Waals surface area contributed by atoms with E-state index in [9.17, 15) is 4.79 Å². The van der Waals surface area contributed by atoms with Gasteiger partial charge in [-0.15, -0.1) is 11.3 Å². The maximum Gasteiger partial charge on any atom is 0.244 e. The van der Waals surface area contributed by atoms with E-state index < -0.39 is 0 Å². The van der Waals surface area contributed by atoms with Crippen LogP contribution in [0, 0.1) is 0 Å². The molecule has 0 radical (unpaired) electrons. The molecule has 0 unspecified atom stereocenters. The standard InChI is InChI=1S/C16H13NO2S2/c18-16(6-4-14-2-1-8-21-14)17-10-13-3-5-15(19-13)12-7-9-20-11-12/h1-9,11H,10H2,(H,17,18)/b6-4+. The van der Waals surface area contributed by atoms with Gasteiger partial charge in [0.1, 0.15) is 11.5 Å². The highest BCUT2D eigenvalue weighted by Gasteiger charge is 2.05. The molecule has 3 heterocycles. The van der Waals surface area contributed by atoms with Crippen LogP contribution in [0.4, 0.5) is 0 Å². The SMILES string of the molecule is O=C(/C=C/c1cccs1)NCc1ccc(-c2ccsc2)o1. The molecule has 0 atom stereocenters. The van der Waals surface area contributed by atoms with Crippen LogP contribution in [0.15, 0.2) is 57.0 Å². The van der Waals surface area contributed by atoms with E-state index in [1.54, 1.807) is 28.7 Å². The number of nitrogens with one attached hydrogen (secondary N) is 1. The Hall–Kier alpha value is -2.11. The molecule has 1 amide bonds. The number of hydrogen-bond acceptors (Lipinski definition) is 4. The lowest BCUT2D eigenvalue weighted by Crippen LogP contribution is -2.19. The molecule has 0 aliphatic heterocycles. The van der Waals surface area contributed by atoms with Crippen molar-refractivity contribution in [3.63, 3.8) is 0 Å². The summed E-state index contributed by atoms with van der Waals surface area (Å²) < 4.78 is 5.70. The Kier molecular flexibility index (Phi) is 4.33. The van der Waals surface area contributed by atoms with Gasteiger partial charge in [0, 0.05) is 21.9 Å². The molecule has 3 rings (SSSR count). The predicted molar refractivity (Wildman–Crippen MR) is 87.2 cm³/mol. The molecule has 0 spiro atoms. The van der Waals surface area contributed by atoms with E-state index in [2.05, 4.69) is 5.32 Å². The third-order valence-electron chi connectivity index (χ3n) is 2.85. The first-order valence-corrected chi connectivity index (χ1v) is 8.24. The fraction of sp³-hybridized carbons (Fsp3) is 0.0625. The second-order valence-corrected chi connectivity index (χ2v) is 6.10. The zero-order chi connectivity index (χ0) is 14.5. The second kappa shape index (κ2) is 6.56. The first kappa shape index (κ1) is 13.9. The van der Waals surface area contributed by atoms with Gasteiger partial charge in [-0.05, 0) is 41.1 Å². The molecule has 0 aliphatic carbocycles. The molecule has 0 bridgehead atoms. The van der Waals surface area contributed by atoms with E-state index in [-0.39, 0.29) is 5.91 Å². The smallest absolute Gasteiger partial charge is 0.244 e. The van der Waals surface area contributed by atoms with Crippen LogP contribution in [-0.4, -0.2) is 5.91 Å². The molecule has 3 nitrogen and oxygen atoms in total. The Labute approximate surface area is 130 Å². The number of thiophene rings is 2. The van der Waals surface area contributed by atoms with Crippen molar-refractivity contribution in [2.45, 2.75) is 6.54 Å². The summed E-state index contributed by atoms with van der Waals surface area (Å²) in [4.78, 5) is 12.8. The van der Waals surface area contributed by atoms with E-state index in [4.69, 9.17) is 4.42 Å². The van der Waals surface area contributed by atoms with Crippen LogP contribution in [0.2, 0.25) is 0 Å².